The fourth-order valence-corrected chi connectivity index (χ4v) is 14.5. The predicted octanol–water partition coefficient (Wildman–Crippen LogP) is 19.9. The van der Waals surface area contributed by atoms with Gasteiger partial charge in [-0.05, 0) is 200 Å². The van der Waals surface area contributed by atoms with Crippen molar-refractivity contribution in [2.24, 2.45) is 0 Å². The van der Waals surface area contributed by atoms with Crippen LogP contribution in [-0.4, -0.2) is 6.71 Å². The first-order valence-corrected chi connectivity index (χ1v) is 30.0. The molecule has 414 valence electrons. The molecule has 0 N–H and O–H groups in total. The van der Waals surface area contributed by atoms with Crippen molar-refractivity contribution in [2.45, 2.75) is 143 Å². The van der Waals surface area contributed by atoms with Crippen molar-refractivity contribution in [3.05, 3.63) is 227 Å². The van der Waals surface area contributed by atoms with Crippen LogP contribution in [0.5, 0.6) is 0 Å². The summed E-state index contributed by atoms with van der Waals surface area (Å²) in [7, 11) is 0. The van der Waals surface area contributed by atoms with Crippen LogP contribution in [0.4, 0.5) is 51.2 Å². The molecule has 2 aliphatic carbocycles. The molecule has 4 nitrogen and oxygen atoms in total. The highest BCUT2D eigenvalue weighted by atomic mass is 16.3. The average Bonchev–Trinajstić information content (AvgIpc) is 1.28. The van der Waals surface area contributed by atoms with E-state index in [0.717, 1.165) is 127 Å². The minimum Gasteiger partial charge on any atom is -0.468 e. The average molecular weight is 1090 g/mol. The molecule has 10 aromatic rings. The van der Waals surface area contributed by atoms with Crippen LogP contribution in [0.2, 0.25) is 0 Å². The number of aryl methyl sites for hydroxylation is 2. The fraction of sp³-hybridized carbons (Fsp3) is 0.282. The maximum atomic E-state index is 9.44. The smallest absolute Gasteiger partial charge is 0.297 e. The van der Waals surface area contributed by atoms with Crippen LogP contribution < -0.4 is 31.3 Å². The summed E-state index contributed by atoms with van der Waals surface area (Å²) in [5.41, 5.74) is 23.7. The van der Waals surface area contributed by atoms with Crippen molar-refractivity contribution in [2.75, 3.05) is 14.7 Å². The zero-order chi connectivity index (χ0) is 62.1. The van der Waals surface area contributed by atoms with E-state index in [1.54, 1.807) is 0 Å². The highest BCUT2D eigenvalue weighted by molar-refractivity contribution is 7.00. The van der Waals surface area contributed by atoms with Gasteiger partial charge in [-0.2, -0.15) is 0 Å². The number of furan rings is 1. The first-order valence-electron chi connectivity index (χ1n) is 32.5. The molecular formula is C78H78BN3O. The van der Waals surface area contributed by atoms with Gasteiger partial charge in [-0.15, -0.1) is 0 Å². The molecule has 9 aromatic carbocycles. The summed E-state index contributed by atoms with van der Waals surface area (Å²) in [6, 6.07) is 56.4. The molecule has 0 radical (unpaired) electrons. The monoisotopic (exact) mass is 1090 g/mol. The molecule has 0 unspecified atom stereocenters. The SMILES string of the molecule is [2H]c1c([2H])c([2H])c(-c2ccc3c(c2)N(c2ccc(C(C)(C)C)cc2-c2ccccc2)c2cc(N(c4ccccc4C)c4ccccc4C)cc4c2B3c2oc3cc5c(cc3c2N4c2ccc3c(c2)C(C)(C)CCC3(C)C)C(C)(C)CCC5(C)C)c([2H])c1[2H]. The molecule has 0 bridgehead atoms. The van der Waals surface area contributed by atoms with Gasteiger partial charge in [-0.1, -0.05) is 197 Å². The quantitative estimate of drug-likeness (QED) is 0.148. The van der Waals surface area contributed by atoms with E-state index in [0.29, 0.717) is 5.56 Å². The lowest BCUT2D eigenvalue weighted by Crippen LogP contribution is -2.61. The Balaban J connectivity index is 1.19. The Morgan fingerprint density at radius 2 is 1.08 bits per heavy atom. The summed E-state index contributed by atoms with van der Waals surface area (Å²) in [5.74, 6) is 0. The van der Waals surface area contributed by atoms with Crippen LogP contribution in [0, 0.1) is 13.8 Å². The van der Waals surface area contributed by atoms with E-state index in [1.165, 1.54) is 27.8 Å². The second-order valence-corrected chi connectivity index (χ2v) is 28.0. The molecule has 3 heterocycles. The van der Waals surface area contributed by atoms with Crippen molar-refractivity contribution in [3.63, 3.8) is 0 Å². The van der Waals surface area contributed by atoms with Crippen molar-refractivity contribution in [1.82, 2.24) is 0 Å². The van der Waals surface area contributed by atoms with E-state index < -0.39 is 12.8 Å². The molecule has 0 saturated carbocycles. The number of benzene rings is 9. The molecule has 0 spiro atoms. The molecule has 14 rings (SSSR count). The molecule has 0 fully saturated rings. The molecule has 2 aliphatic heterocycles. The van der Waals surface area contributed by atoms with Gasteiger partial charge in [0.25, 0.3) is 6.71 Å². The first-order chi connectivity index (χ1) is 41.7. The van der Waals surface area contributed by atoms with Gasteiger partial charge in [0, 0.05) is 45.1 Å². The van der Waals surface area contributed by atoms with Gasteiger partial charge >= 0.3 is 0 Å². The second kappa shape index (κ2) is 18.7. The summed E-state index contributed by atoms with van der Waals surface area (Å²) >= 11 is 0. The van der Waals surface area contributed by atoms with Crippen LogP contribution in [-0.2, 0) is 27.1 Å². The molecule has 0 amide bonds. The van der Waals surface area contributed by atoms with Gasteiger partial charge in [0.1, 0.15) is 5.58 Å². The number of hydrogen-bond donors (Lipinski definition) is 0. The van der Waals surface area contributed by atoms with Gasteiger partial charge in [0.05, 0.1) is 29.6 Å². The van der Waals surface area contributed by atoms with E-state index >= 15 is 0 Å². The van der Waals surface area contributed by atoms with Gasteiger partial charge < -0.3 is 19.1 Å². The Morgan fingerprint density at radius 1 is 0.506 bits per heavy atom. The third-order valence-corrected chi connectivity index (χ3v) is 19.7. The van der Waals surface area contributed by atoms with Gasteiger partial charge in [-0.25, -0.2) is 0 Å². The van der Waals surface area contributed by atoms with Gasteiger partial charge in [0.2, 0.25) is 0 Å². The summed E-state index contributed by atoms with van der Waals surface area (Å²) in [4.78, 5) is 7.42. The lowest BCUT2D eigenvalue weighted by molar-refractivity contribution is 0.332. The Bertz CT molecular complexity index is 4490. The molecule has 0 saturated heterocycles. The summed E-state index contributed by atoms with van der Waals surface area (Å²) in [6.45, 7) is 29.9. The summed E-state index contributed by atoms with van der Waals surface area (Å²) < 4.78 is 53.3. The number of fused-ring (bicyclic) bond motifs is 8. The Kier molecular flexibility index (Phi) is 10.7. The van der Waals surface area contributed by atoms with Crippen molar-refractivity contribution in [3.8, 4) is 22.3 Å². The Labute approximate surface area is 500 Å². The Hall–Kier alpha value is -8.02. The minimum absolute atomic E-state index is 0.0147. The zero-order valence-corrected chi connectivity index (χ0v) is 50.7. The standard InChI is InChI=1S/C78H78BN3O/c1-49-24-20-22-30-64(49)80(65-31-23-21-25-50(65)2)56-45-68-71-69(46-56)82(66-37-33-54(74(3,4)5)43-57(66)52-28-18-15-19-29-52)67-42-53(51-26-16-14-17-27-51)32-36-63(67)79(71)73-72(58-47-61-62(48-70(58)83-73)78(12,13)41-40-77(61,10)11)81(68)55-34-35-59-60(44-55)76(8,9)39-38-75(59,6)7/h14-37,42-48H,38-41H2,1-13H3/i14D,16D,17D,26D,27D. The third-order valence-electron chi connectivity index (χ3n) is 19.7. The van der Waals surface area contributed by atoms with E-state index in [4.69, 9.17) is 8.53 Å². The number of rotatable bonds is 7. The van der Waals surface area contributed by atoms with Gasteiger partial charge in [0.15, 0.2) is 0 Å². The lowest BCUT2D eigenvalue weighted by Gasteiger charge is -2.45. The number of anilines is 9. The van der Waals surface area contributed by atoms with Crippen LogP contribution in [0.15, 0.2) is 192 Å². The minimum atomic E-state index is -0.469. The van der Waals surface area contributed by atoms with Crippen LogP contribution >= 0.6 is 0 Å². The topological polar surface area (TPSA) is 22.9 Å². The van der Waals surface area contributed by atoms with Crippen molar-refractivity contribution in [1.29, 1.82) is 0 Å². The molecular weight excluding hydrogens is 1010 g/mol. The largest absolute Gasteiger partial charge is 0.468 e. The van der Waals surface area contributed by atoms with E-state index in [-0.39, 0.29) is 56.8 Å². The second-order valence-electron chi connectivity index (χ2n) is 28.0. The van der Waals surface area contributed by atoms with Gasteiger partial charge in [-0.3, -0.25) is 0 Å². The normalized spacial score (nSPS) is 17.7. The molecule has 0 atom stereocenters. The predicted molar refractivity (Wildman–Crippen MR) is 355 cm³/mol. The molecule has 1 aromatic heterocycles. The molecule has 5 heteroatoms. The first kappa shape index (κ1) is 47.5. The number of para-hydroxylation sites is 2. The zero-order valence-electron chi connectivity index (χ0n) is 55.7. The summed E-state index contributed by atoms with van der Waals surface area (Å²) in [5, 5.41) is 1.06. The third kappa shape index (κ3) is 8.45. The molecule has 83 heavy (non-hydrogen) atoms. The van der Waals surface area contributed by atoms with Crippen molar-refractivity contribution < 1.29 is 11.3 Å². The highest BCUT2D eigenvalue weighted by Crippen LogP contribution is 2.56. The van der Waals surface area contributed by atoms with Crippen LogP contribution in [0.1, 0.15) is 148 Å². The highest BCUT2D eigenvalue weighted by Gasteiger charge is 2.49. The van der Waals surface area contributed by atoms with Crippen LogP contribution in [0.25, 0.3) is 33.2 Å². The maximum absolute atomic E-state index is 9.44. The van der Waals surface area contributed by atoms with E-state index in [9.17, 15) is 2.74 Å². The number of hydrogen-bond acceptors (Lipinski definition) is 4. The Morgan fingerprint density at radius 3 is 1.71 bits per heavy atom. The fourth-order valence-electron chi connectivity index (χ4n) is 14.5. The molecule has 4 aliphatic rings. The van der Waals surface area contributed by atoms with Crippen LogP contribution in [0.3, 0.4) is 0 Å². The lowest BCUT2D eigenvalue weighted by atomic mass is 9.35. The van der Waals surface area contributed by atoms with Crippen molar-refractivity contribution >= 4 is 85.5 Å². The number of nitrogens with zero attached hydrogens (tertiary/aromatic N) is 3. The van der Waals surface area contributed by atoms with E-state index in [2.05, 4.69) is 256 Å². The summed E-state index contributed by atoms with van der Waals surface area (Å²) in [6.07, 6.45) is 4.29. The maximum Gasteiger partial charge on any atom is 0.297 e. The van der Waals surface area contributed by atoms with E-state index in [1.807, 2.05) is 6.07 Å².